The zero-order valence-corrected chi connectivity index (χ0v) is 10.7. The lowest BCUT2D eigenvalue weighted by Crippen LogP contribution is -2.35. The van der Waals surface area contributed by atoms with Crippen molar-refractivity contribution in [2.45, 2.75) is 13.8 Å². The summed E-state index contributed by atoms with van der Waals surface area (Å²) in [6.45, 7) is 4.66. The number of nitriles is 1. The van der Waals surface area contributed by atoms with Crippen LogP contribution >= 0.6 is 0 Å². The second-order valence-electron chi connectivity index (χ2n) is 4.06. The Morgan fingerprint density at radius 1 is 1.56 bits per heavy atom. The third kappa shape index (κ3) is 3.22. The van der Waals surface area contributed by atoms with Gasteiger partial charge in [0.05, 0.1) is 23.2 Å². The molecule has 18 heavy (non-hydrogen) atoms. The Morgan fingerprint density at radius 3 is 2.78 bits per heavy atom. The molecule has 3 N–H and O–H groups in total. The molecule has 5 heteroatoms. The molecule has 0 aromatic heterocycles. The standard InChI is InChI=1S/C13H18N4O/c1-3-17(9-10(2)8-14)13(18)11-6-4-5-7-12(11)16-15/h4-7,10,16H,3,9,15H2,1-2H3. The molecule has 0 heterocycles. The van der Waals surface area contributed by atoms with E-state index in [1.165, 1.54) is 0 Å². The first-order valence-electron chi connectivity index (χ1n) is 5.88. The van der Waals surface area contributed by atoms with Crippen LogP contribution in [-0.2, 0) is 0 Å². The molecule has 0 spiro atoms. The highest BCUT2D eigenvalue weighted by Crippen LogP contribution is 2.16. The number of nitrogens with one attached hydrogen (secondary N) is 1. The van der Waals surface area contributed by atoms with Crippen LogP contribution in [0.15, 0.2) is 24.3 Å². The highest BCUT2D eigenvalue weighted by molar-refractivity contribution is 5.99. The fourth-order valence-corrected chi connectivity index (χ4v) is 1.69. The summed E-state index contributed by atoms with van der Waals surface area (Å²) in [7, 11) is 0. The molecule has 1 rings (SSSR count). The number of para-hydroxylation sites is 1. The monoisotopic (exact) mass is 246 g/mol. The van der Waals surface area contributed by atoms with Crippen LogP contribution in [0.3, 0.4) is 0 Å². The normalized spacial score (nSPS) is 11.4. The molecule has 1 unspecified atom stereocenters. The maximum atomic E-state index is 12.3. The highest BCUT2D eigenvalue weighted by Gasteiger charge is 2.18. The zero-order chi connectivity index (χ0) is 13.5. The van der Waals surface area contributed by atoms with Gasteiger partial charge in [0.2, 0.25) is 0 Å². The van der Waals surface area contributed by atoms with Crippen molar-refractivity contribution in [2.24, 2.45) is 11.8 Å². The average molecular weight is 246 g/mol. The van der Waals surface area contributed by atoms with E-state index in [1.54, 1.807) is 36.1 Å². The first-order valence-corrected chi connectivity index (χ1v) is 5.88. The number of carbonyl (C=O) groups is 1. The highest BCUT2D eigenvalue weighted by atomic mass is 16.2. The fourth-order valence-electron chi connectivity index (χ4n) is 1.69. The van der Waals surface area contributed by atoms with E-state index < -0.39 is 0 Å². The lowest BCUT2D eigenvalue weighted by molar-refractivity contribution is 0.0753. The van der Waals surface area contributed by atoms with E-state index in [4.69, 9.17) is 11.1 Å². The van der Waals surface area contributed by atoms with Crippen LogP contribution in [0, 0.1) is 17.2 Å². The number of hydrazine groups is 1. The Hall–Kier alpha value is -2.06. The van der Waals surface area contributed by atoms with Crippen LogP contribution in [0.2, 0.25) is 0 Å². The summed E-state index contributed by atoms with van der Waals surface area (Å²) < 4.78 is 0. The summed E-state index contributed by atoms with van der Waals surface area (Å²) in [5, 5.41) is 8.81. The third-order valence-corrected chi connectivity index (χ3v) is 2.70. The molecule has 0 fully saturated rings. The lowest BCUT2D eigenvalue weighted by Gasteiger charge is -2.23. The van der Waals surface area contributed by atoms with Crippen molar-refractivity contribution in [1.29, 1.82) is 5.26 Å². The second-order valence-corrected chi connectivity index (χ2v) is 4.06. The van der Waals surface area contributed by atoms with Crippen LogP contribution < -0.4 is 11.3 Å². The summed E-state index contributed by atoms with van der Waals surface area (Å²) in [6.07, 6.45) is 0. The zero-order valence-electron chi connectivity index (χ0n) is 10.7. The Balaban J connectivity index is 2.93. The van der Waals surface area contributed by atoms with Gasteiger partial charge in [-0.15, -0.1) is 0 Å². The number of amides is 1. The molecule has 1 aromatic carbocycles. The number of nitrogens with two attached hydrogens (primary N) is 1. The Morgan fingerprint density at radius 2 is 2.22 bits per heavy atom. The number of carbonyl (C=O) groups excluding carboxylic acids is 1. The molecule has 96 valence electrons. The molecule has 1 atom stereocenters. The van der Waals surface area contributed by atoms with E-state index in [2.05, 4.69) is 11.5 Å². The summed E-state index contributed by atoms with van der Waals surface area (Å²) in [6, 6.07) is 9.19. The minimum atomic E-state index is -0.188. The van der Waals surface area contributed by atoms with Crippen LogP contribution in [0.5, 0.6) is 0 Å². The summed E-state index contributed by atoms with van der Waals surface area (Å²) in [5.41, 5.74) is 3.62. The molecule has 0 radical (unpaired) electrons. The van der Waals surface area contributed by atoms with Gasteiger partial charge in [-0.3, -0.25) is 10.6 Å². The van der Waals surface area contributed by atoms with Gasteiger partial charge in [-0.05, 0) is 26.0 Å². The van der Waals surface area contributed by atoms with Gasteiger partial charge in [0.1, 0.15) is 0 Å². The van der Waals surface area contributed by atoms with E-state index in [0.29, 0.717) is 24.3 Å². The number of benzene rings is 1. The number of hydrogen-bond donors (Lipinski definition) is 2. The largest absolute Gasteiger partial charge is 0.338 e. The first-order chi connectivity index (χ1) is 8.63. The van der Waals surface area contributed by atoms with Crippen molar-refractivity contribution in [3.8, 4) is 6.07 Å². The molecule has 0 aliphatic carbocycles. The number of hydrogen-bond acceptors (Lipinski definition) is 4. The third-order valence-electron chi connectivity index (χ3n) is 2.70. The number of anilines is 1. The maximum absolute atomic E-state index is 12.3. The van der Waals surface area contributed by atoms with Gasteiger partial charge in [0, 0.05) is 13.1 Å². The van der Waals surface area contributed by atoms with E-state index in [-0.39, 0.29) is 11.8 Å². The van der Waals surface area contributed by atoms with Crippen LogP contribution in [0.4, 0.5) is 5.69 Å². The predicted octanol–water partition coefficient (Wildman–Crippen LogP) is 1.59. The predicted molar refractivity (Wildman–Crippen MR) is 70.6 cm³/mol. The van der Waals surface area contributed by atoms with Crippen molar-refractivity contribution in [1.82, 2.24) is 4.90 Å². The topological polar surface area (TPSA) is 82.2 Å². The van der Waals surface area contributed by atoms with Gasteiger partial charge in [-0.2, -0.15) is 5.26 Å². The summed E-state index contributed by atoms with van der Waals surface area (Å²) in [4.78, 5) is 14.0. The summed E-state index contributed by atoms with van der Waals surface area (Å²) in [5.74, 6) is 5.08. The molecule has 5 nitrogen and oxygen atoms in total. The average Bonchev–Trinajstić information content (AvgIpc) is 2.43. The van der Waals surface area contributed by atoms with Gasteiger partial charge >= 0.3 is 0 Å². The Kier molecular flexibility index (Phi) is 5.15. The van der Waals surface area contributed by atoms with Gasteiger partial charge in [-0.1, -0.05) is 12.1 Å². The minimum Gasteiger partial charge on any atom is -0.338 e. The van der Waals surface area contributed by atoms with E-state index in [1.807, 2.05) is 6.92 Å². The van der Waals surface area contributed by atoms with Crippen molar-refractivity contribution in [3.05, 3.63) is 29.8 Å². The first kappa shape index (κ1) is 14.0. The van der Waals surface area contributed by atoms with Crippen molar-refractivity contribution in [3.63, 3.8) is 0 Å². The van der Waals surface area contributed by atoms with Gasteiger partial charge in [0.15, 0.2) is 0 Å². The van der Waals surface area contributed by atoms with Crippen LogP contribution in [0.25, 0.3) is 0 Å². The minimum absolute atomic E-state index is 0.117. The molecule has 0 aliphatic rings. The van der Waals surface area contributed by atoms with Crippen molar-refractivity contribution < 1.29 is 4.79 Å². The van der Waals surface area contributed by atoms with E-state index in [9.17, 15) is 4.79 Å². The van der Waals surface area contributed by atoms with E-state index >= 15 is 0 Å². The number of nitrogen functional groups attached to an aromatic ring is 1. The van der Waals surface area contributed by atoms with Crippen LogP contribution in [-0.4, -0.2) is 23.9 Å². The molecular weight excluding hydrogens is 228 g/mol. The smallest absolute Gasteiger partial charge is 0.256 e. The molecule has 0 bridgehead atoms. The van der Waals surface area contributed by atoms with Crippen molar-refractivity contribution >= 4 is 11.6 Å². The SMILES string of the molecule is CCN(CC(C)C#N)C(=O)c1ccccc1NN. The fraction of sp³-hybridized carbons (Fsp3) is 0.385. The van der Waals surface area contributed by atoms with E-state index in [0.717, 1.165) is 0 Å². The molecule has 0 aliphatic heterocycles. The van der Waals surface area contributed by atoms with Gasteiger partial charge in [0.25, 0.3) is 5.91 Å². The van der Waals surface area contributed by atoms with Crippen molar-refractivity contribution in [2.75, 3.05) is 18.5 Å². The van der Waals surface area contributed by atoms with Gasteiger partial charge in [-0.25, -0.2) is 0 Å². The molecular formula is C13H18N4O. The molecule has 0 saturated carbocycles. The van der Waals surface area contributed by atoms with Crippen LogP contribution in [0.1, 0.15) is 24.2 Å². The molecule has 1 aromatic rings. The lowest BCUT2D eigenvalue weighted by atomic mass is 10.1. The Labute approximate surface area is 107 Å². The molecule has 1 amide bonds. The van der Waals surface area contributed by atoms with Gasteiger partial charge < -0.3 is 10.3 Å². The Bertz CT molecular complexity index is 453. The number of nitrogens with zero attached hydrogens (tertiary/aromatic N) is 2. The molecule has 0 saturated heterocycles. The maximum Gasteiger partial charge on any atom is 0.256 e. The summed E-state index contributed by atoms with van der Waals surface area (Å²) >= 11 is 0. The quantitative estimate of drug-likeness (QED) is 0.610. The number of rotatable bonds is 5. The second kappa shape index (κ2) is 6.62.